The number of benzene rings is 4. The summed E-state index contributed by atoms with van der Waals surface area (Å²) in [6.45, 7) is 0.0965. The fraction of sp³-hybridized carbons (Fsp3) is 0.0357. The van der Waals surface area contributed by atoms with Gasteiger partial charge in [-0.25, -0.2) is 4.98 Å². The van der Waals surface area contributed by atoms with Crippen molar-refractivity contribution in [3.8, 4) is 5.75 Å². The molecule has 0 saturated heterocycles. The molecule has 6 nitrogen and oxygen atoms in total. The molecule has 0 fully saturated rings. The van der Waals surface area contributed by atoms with Crippen molar-refractivity contribution >= 4 is 38.8 Å². The van der Waals surface area contributed by atoms with Gasteiger partial charge in [0.2, 0.25) is 0 Å². The number of nitrogens with zero attached hydrogens (tertiary/aromatic N) is 3. The summed E-state index contributed by atoms with van der Waals surface area (Å²) in [6, 6.07) is 29.2. The highest BCUT2D eigenvalue weighted by atomic mass is 16.5. The third kappa shape index (κ3) is 3.51. The Morgan fingerprint density at radius 2 is 1.59 bits per heavy atom. The zero-order chi connectivity index (χ0) is 22.9. The Hall–Kier alpha value is -4.71. The van der Waals surface area contributed by atoms with Crippen LogP contribution in [0.5, 0.6) is 5.75 Å². The molecular weight excluding hydrogens is 424 g/mol. The molecule has 0 spiro atoms. The van der Waals surface area contributed by atoms with Crippen LogP contribution in [0.2, 0.25) is 0 Å². The molecule has 2 heterocycles. The van der Waals surface area contributed by atoms with Crippen molar-refractivity contribution in [3.63, 3.8) is 0 Å². The van der Waals surface area contributed by atoms with Gasteiger partial charge in [-0.05, 0) is 29.7 Å². The summed E-state index contributed by atoms with van der Waals surface area (Å²) >= 11 is 0. The number of hydrogen-bond donors (Lipinski definition) is 1. The molecule has 164 valence electrons. The van der Waals surface area contributed by atoms with Gasteiger partial charge in [-0.3, -0.25) is 4.79 Å². The minimum atomic E-state index is -0.238. The number of aromatic nitrogens is 3. The first kappa shape index (κ1) is 19.9. The Kier molecular flexibility index (Phi) is 4.88. The third-order valence-corrected chi connectivity index (χ3v) is 5.86. The predicted molar refractivity (Wildman–Crippen MR) is 136 cm³/mol. The average Bonchev–Trinajstić information content (AvgIpc) is 3.30. The molecule has 0 atom stereocenters. The number of fused-ring (bicyclic) bond motifs is 3. The Morgan fingerprint density at radius 3 is 2.50 bits per heavy atom. The lowest BCUT2D eigenvalue weighted by Crippen LogP contribution is -2.23. The number of aromatic amines is 1. The van der Waals surface area contributed by atoms with Gasteiger partial charge in [0, 0.05) is 28.0 Å². The number of ether oxygens (including phenoxy) is 1. The fourth-order valence-electron chi connectivity index (χ4n) is 4.17. The molecule has 4 aromatic carbocycles. The molecule has 1 N–H and O–H groups in total. The number of rotatable bonds is 5. The summed E-state index contributed by atoms with van der Waals surface area (Å²) in [7, 11) is 0. The second kappa shape index (κ2) is 8.33. The topological polar surface area (TPSA) is 72.3 Å². The van der Waals surface area contributed by atoms with Gasteiger partial charge < -0.3 is 9.72 Å². The van der Waals surface area contributed by atoms with Crippen molar-refractivity contribution < 1.29 is 4.74 Å². The van der Waals surface area contributed by atoms with Gasteiger partial charge in [0.25, 0.3) is 5.56 Å². The Bertz CT molecular complexity index is 1740. The SMILES string of the molecule is O=c1c2ccccc2nc(COc2cccc3ccccc23)n1/N=C/c1c[nH]c2ccccc12. The van der Waals surface area contributed by atoms with E-state index in [-0.39, 0.29) is 12.2 Å². The van der Waals surface area contributed by atoms with Crippen molar-refractivity contribution in [1.82, 2.24) is 14.6 Å². The number of para-hydroxylation sites is 2. The predicted octanol–water partition coefficient (Wildman–Crippen LogP) is 5.49. The molecule has 6 aromatic rings. The summed E-state index contributed by atoms with van der Waals surface area (Å²) in [5, 5.41) is 8.16. The molecular formula is C28H20N4O2. The number of nitrogens with one attached hydrogen (secondary N) is 1. The quantitative estimate of drug-likeness (QED) is 0.357. The highest BCUT2D eigenvalue weighted by Crippen LogP contribution is 2.26. The lowest BCUT2D eigenvalue weighted by molar-refractivity contribution is 0.293. The van der Waals surface area contributed by atoms with Crippen LogP contribution in [-0.2, 0) is 6.61 Å². The first-order chi connectivity index (χ1) is 16.8. The normalized spacial score (nSPS) is 11.6. The minimum absolute atomic E-state index is 0.0965. The molecule has 0 amide bonds. The molecule has 0 aliphatic carbocycles. The zero-order valence-electron chi connectivity index (χ0n) is 18.2. The second-order valence-corrected chi connectivity index (χ2v) is 7.96. The van der Waals surface area contributed by atoms with Crippen molar-refractivity contribution in [2.24, 2.45) is 5.10 Å². The van der Waals surface area contributed by atoms with Gasteiger partial charge in [-0.2, -0.15) is 9.78 Å². The lowest BCUT2D eigenvalue weighted by Gasteiger charge is -2.12. The fourth-order valence-corrected chi connectivity index (χ4v) is 4.17. The van der Waals surface area contributed by atoms with Crippen molar-refractivity contribution in [2.45, 2.75) is 6.61 Å². The standard InChI is InChI=1S/C28H20N4O2/c33-28-23-12-4-6-14-25(23)31-27(18-34-26-15-7-9-19-8-1-2-11-22(19)26)32(28)30-17-20-16-29-24-13-5-3-10-21(20)24/h1-17,29H,18H2/b30-17+. The average molecular weight is 444 g/mol. The van der Waals surface area contributed by atoms with Crippen molar-refractivity contribution in [2.75, 3.05) is 0 Å². The van der Waals surface area contributed by atoms with E-state index in [1.165, 1.54) is 4.68 Å². The van der Waals surface area contributed by atoms with Gasteiger partial charge in [0.15, 0.2) is 5.82 Å². The van der Waals surface area contributed by atoms with Crippen LogP contribution >= 0.6 is 0 Å². The summed E-state index contributed by atoms with van der Waals surface area (Å²) in [5.74, 6) is 1.15. The monoisotopic (exact) mass is 444 g/mol. The van der Waals surface area contributed by atoms with E-state index in [1.807, 2.05) is 91.1 Å². The molecule has 6 heteroatoms. The molecule has 2 aromatic heterocycles. The van der Waals surface area contributed by atoms with E-state index in [0.717, 1.165) is 33.0 Å². The van der Waals surface area contributed by atoms with Crippen LogP contribution in [0.3, 0.4) is 0 Å². The number of H-pyrrole nitrogens is 1. The van der Waals surface area contributed by atoms with E-state index in [4.69, 9.17) is 9.72 Å². The highest BCUT2D eigenvalue weighted by molar-refractivity contribution is 5.99. The molecule has 0 radical (unpaired) electrons. The largest absolute Gasteiger partial charge is 0.485 e. The molecule has 0 aliphatic heterocycles. The van der Waals surface area contributed by atoms with Crippen molar-refractivity contribution in [3.05, 3.63) is 119 Å². The van der Waals surface area contributed by atoms with Gasteiger partial charge >= 0.3 is 0 Å². The molecule has 0 saturated carbocycles. The van der Waals surface area contributed by atoms with Crippen LogP contribution in [0, 0.1) is 0 Å². The molecule has 0 unspecified atom stereocenters. The van der Waals surface area contributed by atoms with Gasteiger partial charge in [0.05, 0.1) is 17.1 Å². The van der Waals surface area contributed by atoms with Crippen LogP contribution in [-0.4, -0.2) is 20.9 Å². The summed E-state index contributed by atoms with van der Waals surface area (Å²) in [5.41, 5.74) is 2.27. The van der Waals surface area contributed by atoms with E-state index in [9.17, 15) is 4.79 Å². The smallest absolute Gasteiger partial charge is 0.282 e. The summed E-state index contributed by atoms with van der Waals surface area (Å²) in [6.07, 6.45) is 3.55. The maximum absolute atomic E-state index is 13.3. The Labute approximate surface area is 194 Å². The molecule has 0 aliphatic rings. The van der Waals surface area contributed by atoms with E-state index in [1.54, 1.807) is 12.3 Å². The van der Waals surface area contributed by atoms with Gasteiger partial charge in [-0.1, -0.05) is 66.7 Å². The van der Waals surface area contributed by atoms with E-state index in [0.29, 0.717) is 16.7 Å². The van der Waals surface area contributed by atoms with Crippen LogP contribution in [0.4, 0.5) is 0 Å². The van der Waals surface area contributed by atoms with Crippen LogP contribution in [0.25, 0.3) is 32.6 Å². The Morgan fingerprint density at radius 1 is 0.853 bits per heavy atom. The lowest BCUT2D eigenvalue weighted by atomic mass is 10.1. The van der Waals surface area contributed by atoms with Crippen molar-refractivity contribution in [1.29, 1.82) is 0 Å². The molecule has 6 rings (SSSR count). The summed E-state index contributed by atoms with van der Waals surface area (Å²) < 4.78 is 7.48. The first-order valence-electron chi connectivity index (χ1n) is 11.0. The van der Waals surface area contributed by atoms with E-state index in [2.05, 4.69) is 10.1 Å². The van der Waals surface area contributed by atoms with Crippen LogP contribution in [0.15, 0.2) is 107 Å². The molecule has 0 bridgehead atoms. The third-order valence-electron chi connectivity index (χ3n) is 5.86. The second-order valence-electron chi connectivity index (χ2n) is 7.96. The van der Waals surface area contributed by atoms with Gasteiger partial charge in [-0.15, -0.1) is 0 Å². The summed E-state index contributed by atoms with van der Waals surface area (Å²) in [4.78, 5) is 21.3. The zero-order valence-corrected chi connectivity index (χ0v) is 18.2. The number of hydrogen-bond acceptors (Lipinski definition) is 4. The van der Waals surface area contributed by atoms with Crippen LogP contribution < -0.4 is 10.3 Å². The highest BCUT2D eigenvalue weighted by Gasteiger charge is 2.12. The minimum Gasteiger partial charge on any atom is -0.485 e. The van der Waals surface area contributed by atoms with E-state index >= 15 is 0 Å². The van der Waals surface area contributed by atoms with E-state index < -0.39 is 0 Å². The maximum Gasteiger partial charge on any atom is 0.282 e. The van der Waals surface area contributed by atoms with Crippen LogP contribution in [0.1, 0.15) is 11.4 Å². The first-order valence-corrected chi connectivity index (χ1v) is 11.0. The van der Waals surface area contributed by atoms with Gasteiger partial charge in [0.1, 0.15) is 12.4 Å². The maximum atomic E-state index is 13.3. The Balaban J connectivity index is 1.43. The molecule has 34 heavy (non-hydrogen) atoms.